The molecule has 3 N–H and O–H groups in total. The molecule has 65 heavy (non-hydrogen) atoms. The molecule has 2 unspecified atom stereocenters. The van der Waals surface area contributed by atoms with E-state index in [-0.39, 0.29) is 18.5 Å². The van der Waals surface area contributed by atoms with Crippen LogP contribution in [0.4, 0.5) is 0 Å². The van der Waals surface area contributed by atoms with Gasteiger partial charge in [-0.05, 0) is 96.3 Å². The molecule has 0 aliphatic rings. The number of hydrogen-bond donors (Lipinski definition) is 3. The molecule has 0 aromatic carbocycles. The summed E-state index contributed by atoms with van der Waals surface area (Å²) < 4.78 is 5.44. The summed E-state index contributed by atoms with van der Waals surface area (Å²) in [5.41, 5.74) is 0. The molecule has 0 fully saturated rings. The third-order valence-electron chi connectivity index (χ3n) is 12.8. The fourth-order valence-corrected chi connectivity index (χ4v) is 8.42. The largest absolute Gasteiger partial charge is 0.466 e. The molecule has 380 valence electrons. The minimum absolute atomic E-state index is 0.0254. The molecule has 0 saturated heterocycles. The van der Waals surface area contributed by atoms with Crippen LogP contribution in [0.3, 0.4) is 0 Å². The lowest BCUT2D eigenvalue weighted by Gasteiger charge is -2.20. The average Bonchev–Trinajstić information content (AvgIpc) is 3.31. The highest BCUT2D eigenvalue weighted by Gasteiger charge is 2.18. The second-order valence-corrected chi connectivity index (χ2v) is 19.3. The molecule has 0 aliphatic carbocycles. The second kappa shape index (κ2) is 54.4. The van der Waals surface area contributed by atoms with E-state index in [1.165, 1.54) is 180 Å². The predicted octanol–water partition coefficient (Wildman–Crippen LogP) is 17.4. The van der Waals surface area contributed by atoms with Crippen molar-refractivity contribution in [3.8, 4) is 0 Å². The van der Waals surface area contributed by atoms with Crippen LogP contribution in [-0.4, -0.2) is 47.4 Å². The highest BCUT2D eigenvalue weighted by Crippen LogP contribution is 2.15. The van der Waals surface area contributed by atoms with Gasteiger partial charge in [-0.25, -0.2) is 0 Å². The van der Waals surface area contributed by atoms with Crippen LogP contribution in [-0.2, 0) is 14.3 Å². The summed E-state index contributed by atoms with van der Waals surface area (Å²) in [5.74, 6) is -0.109. The van der Waals surface area contributed by atoms with Crippen molar-refractivity contribution in [2.75, 3.05) is 13.2 Å². The second-order valence-electron chi connectivity index (χ2n) is 19.3. The molecule has 0 saturated carbocycles. The Labute approximate surface area is 404 Å². The van der Waals surface area contributed by atoms with Crippen LogP contribution in [0, 0.1) is 0 Å². The number of allylic oxidation sites excluding steroid dienone is 7. The van der Waals surface area contributed by atoms with Crippen molar-refractivity contribution in [2.45, 2.75) is 302 Å². The Bertz CT molecular complexity index is 1100. The Hall–Kier alpha value is -2.18. The lowest BCUT2D eigenvalue weighted by Crippen LogP contribution is -2.45. The van der Waals surface area contributed by atoms with Crippen molar-refractivity contribution in [3.05, 3.63) is 48.6 Å². The summed E-state index contributed by atoms with van der Waals surface area (Å²) in [6.45, 7) is 4.85. The maximum atomic E-state index is 12.5. The summed E-state index contributed by atoms with van der Waals surface area (Å²) in [6.07, 6.45) is 68.4. The Morgan fingerprint density at radius 2 is 0.769 bits per heavy atom. The van der Waals surface area contributed by atoms with E-state index in [0.29, 0.717) is 19.4 Å². The number of carbonyl (C=O) groups excluding carboxylic acids is 2. The van der Waals surface area contributed by atoms with Crippen LogP contribution in [0.2, 0.25) is 0 Å². The van der Waals surface area contributed by atoms with Crippen LogP contribution in [0.15, 0.2) is 48.6 Å². The molecule has 0 aromatic rings. The summed E-state index contributed by atoms with van der Waals surface area (Å²) in [7, 11) is 0. The molecule has 0 radical (unpaired) electrons. The molecule has 6 heteroatoms. The maximum Gasteiger partial charge on any atom is 0.305 e. The lowest BCUT2D eigenvalue weighted by atomic mass is 10.0. The van der Waals surface area contributed by atoms with E-state index in [4.69, 9.17) is 4.74 Å². The van der Waals surface area contributed by atoms with Crippen molar-refractivity contribution in [2.24, 2.45) is 0 Å². The van der Waals surface area contributed by atoms with Gasteiger partial charge in [0.25, 0.3) is 0 Å². The van der Waals surface area contributed by atoms with E-state index in [2.05, 4.69) is 55.6 Å². The molecular formula is C59H109NO5. The van der Waals surface area contributed by atoms with E-state index in [1.807, 2.05) is 6.08 Å². The van der Waals surface area contributed by atoms with Crippen LogP contribution in [0.25, 0.3) is 0 Å². The Morgan fingerprint density at radius 1 is 0.431 bits per heavy atom. The highest BCUT2D eigenvalue weighted by molar-refractivity contribution is 5.76. The number of nitrogens with one attached hydrogen (secondary N) is 1. The van der Waals surface area contributed by atoms with Crippen molar-refractivity contribution in [1.29, 1.82) is 0 Å². The standard InChI is InChI=1S/C59H109NO5/c1-3-5-7-9-11-13-15-17-19-21-24-27-31-35-39-43-47-51-57(62)56(55-61)60-58(63)52-48-44-40-36-32-28-25-22-20-23-26-30-34-38-42-46-50-54-65-59(64)53-49-45-41-37-33-29-18-16-14-12-10-8-6-4-2/h16,18,20,23,30,34,47,51,56-57,61-62H,3-15,17,19,21-22,24-29,31-33,35-46,48-50,52-55H2,1-2H3,(H,60,63)/b18-16-,23-20-,34-30-,51-47+. The highest BCUT2D eigenvalue weighted by atomic mass is 16.5. The van der Waals surface area contributed by atoms with E-state index in [1.54, 1.807) is 6.08 Å². The zero-order chi connectivity index (χ0) is 47.2. The smallest absolute Gasteiger partial charge is 0.305 e. The van der Waals surface area contributed by atoms with Crippen molar-refractivity contribution in [1.82, 2.24) is 5.32 Å². The fourth-order valence-electron chi connectivity index (χ4n) is 8.42. The van der Waals surface area contributed by atoms with Gasteiger partial charge in [-0.1, -0.05) is 229 Å². The number of aliphatic hydroxyl groups is 2. The first-order chi connectivity index (χ1) is 32.0. The third kappa shape index (κ3) is 51.1. The normalized spacial score (nSPS) is 13.0. The van der Waals surface area contributed by atoms with Gasteiger partial charge < -0.3 is 20.3 Å². The molecule has 1 amide bonds. The van der Waals surface area contributed by atoms with E-state index in [0.717, 1.165) is 83.5 Å². The maximum absolute atomic E-state index is 12.5. The molecule has 0 aliphatic heterocycles. The fraction of sp³-hybridized carbons (Fsp3) is 0.831. The monoisotopic (exact) mass is 912 g/mol. The summed E-state index contributed by atoms with van der Waals surface area (Å²) in [4.78, 5) is 24.5. The number of rotatable bonds is 52. The topological polar surface area (TPSA) is 95.9 Å². The molecule has 0 rings (SSSR count). The van der Waals surface area contributed by atoms with E-state index in [9.17, 15) is 19.8 Å². The van der Waals surface area contributed by atoms with Gasteiger partial charge in [0.1, 0.15) is 0 Å². The first-order valence-corrected chi connectivity index (χ1v) is 28.4. The Kier molecular flexibility index (Phi) is 52.6. The predicted molar refractivity (Wildman–Crippen MR) is 282 cm³/mol. The number of esters is 1. The number of aliphatic hydroxyl groups excluding tert-OH is 2. The van der Waals surface area contributed by atoms with Crippen LogP contribution >= 0.6 is 0 Å². The lowest BCUT2D eigenvalue weighted by molar-refractivity contribution is -0.143. The minimum atomic E-state index is -0.856. The molecule has 0 aromatic heterocycles. The SMILES string of the molecule is CCCCCCC/C=C\CCCCCCCC(=O)OCCCCC/C=C\C/C=C\CCCCCCCCCC(=O)NC(CO)C(O)/C=C/CCCCCCCCCCCCCCCCC. The summed E-state index contributed by atoms with van der Waals surface area (Å²) >= 11 is 0. The first-order valence-electron chi connectivity index (χ1n) is 28.4. The number of ether oxygens (including phenoxy) is 1. The number of carbonyl (C=O) groups is 2. The van der Waals surface area contributed by atoms with Gasteiger partial charge in [0.15, 0.2) is 0 Å². The zero-order valence-electron chi connectivity index (χ0n) is 43.2. The van der Waals surface area contributed by atoms with E-state index < -0.39 is 12.1 Å². The van der Waals surface area contributed by atoms with Crippen LogP contribution in [0.5, 0.6) is 0 Å². The van der Waals surface area contributed by atoms with Gasteiger partial charge in [-0.2, -0.15) is 0 Å². The Morgan fingerprint density at radius 3 is 1.18 bits per heavy atom. The zero-order valence-corrected chi connectivity index (χ0v) is 43.2. The molecule has 6 nitrogen and oxygen atoms in total. The van der Waals surface area contributed by atoms with Crippen LogP contribution < -0.4 is 5.32 Å². The van der Waals surface area contributed by atoms with Gasteiger partial charge >= 0.3 is 5.97 Å². The summed E-state index contributed by atoms with van der Waals surface area (Å²) in [5, 5.41) is 23.1. The molecule has 0 spiro atoms. The quantitative estimate of drug-likeness (QED) is 0.0321. The van der Waals surface area contributed by atoms with E-state index >= 15 is 0 Å². The van der Waals surface area contributed by atoms with Crippen LogP contribution in [0.1, 0.15) is 290 Å². The number of amides is 1. The van der Waals surface area contributed by atoms with Gasteiger partial charge in [-0.3, -0.25) is 9.59 Å². The van der Waals surface area contributed by atoms with Crippen molar-refractivity contribution >= 4 is 11.9 Å². The number of hydrogen-bond acceptors (Lipinski definition) is 5. The molecule has 2 atom stereocenters. The van der Waals surface area contributed by atoms with Crippen molar-refractivity contribution < 1.29 is 24.5 Å². The minimum Gasteiger partial charge on any atom is -0.466 e. The number of unbranched alkanes of at least 4 members (excludes halogenated alkanes) is 35. The van der Waals surface area contributed by atoms with Gasteiger partial charge in [0, 0.05) is 12.8 Å². The third-order valence-corrected chi connectivity index (χ3v) is 12.8. The van der Waals surface area contributed by atoms with Gasteiger partial charge in [-0.15, -0.1) is 0 Å². The van der Waals surface area contributed by atoms with Crippen molar-refractivity contribution in [3.63, 3.8) is 0 Å². The average molecular weight is 913 g/mol. The Balaban J connectivity index is 3.54. The molecule has 0 heterocycles. The van der Waals surface area contributed by atoms with Gasteiger partial charge in [0.05, 0.1) is 25.4 Å². The molecule has 0 bridgehead atoms. The summed E-state index contributed by atoms with van der Waals surface area (Å²) in [6, 6.07) is -0.641. The van der Waals surface area contributed by atoms with Gasteiger partial charge in [0.2, 0.25) is 5.91 Å². The first kappa shape index (κ1) is 62.8. The molecular weight excluding hydrogens is 803 g/mol.